The zero-order valence-electron chi connectivity index (χ0n) is 30.8. The molecule has 2 bridgehead atoms. The van der Waals surface area contributed by atoms with Crippen molar-refractivity contribution in [1.29, 1.82) is 0 Å². The Morgan fingerprint density at radius 2 is 1.70 bits per heavy atom. The molecule has 8 rings (SSSR count). The number of fused-ring (bicyclic) bond motifs is 1. The van der Waals surface area contributed by atoms with E-state index >= 15 is 8.78 Å². The number of nitrogens with zero attached hydrogens (tertiary/aromatic N) is 6. The topological polar surface area (TPSA) is 136 Å². The maximum atomic E-state index is 15.6. The second-order valence-electron chi connectivity index (χ2n) is 15.3. The summed E-state index contributed by atoms with van der Waals surface area (Å²) in [5.41, 5.74) is -0.361. The number of carbonyl (C=O) groups is 1. The van der Waals surface area contributed by atoms with Gasteiger partial charge in [-0.2, -0.15) is 13.9 Å². The maximum Gasteiger partial charge on any atom is 0.292 e. The minimum Gasteiger partial charge on any atom is -0.346 e. The number of halogens is 6. The minimum atomic E-state index is -3.78. The van der Waals surface area contributed by atoms with Crippen molar-refractivity contribution in [2.75, 3.05) is 11.0 Å². The zero-order valence-corrected chi connectivity index (χ0v) is 31.6. The van der Waals surface area contributed by atoms with Crippen LogP contribution in [0.2, 0.25) is 0 Å². The Kier molecular flexibility index (Phi) is 9.66. The van der Waals surface area contributed by atoms with Crippen molar-refractivity contribution < 1.29 is 39.6 Å². The fourth-order valence-corrected chi connectivity index (χ4v) is 7.76. The lowest BCUT2D eigenvalue weighted by molar-refractivity contribution is -0.128. The van der Waals surface area contributed by atoms with Gasteiger partial charge >= 0.3 is 0 Å². The maximum absolute atomic E-state index is 15.6. The smallest absolute Gasteiger partial charge is 0.292 e. The molecule has 3 aliphatic rings. The number of hydrogen-bond acceptors (Lipinski definition) is 7. The summed E-state index contributed by atoms with van der Waals surface area (Å²) in [5.74, 6) is -1.84. The molecule has 2 N–H and O–H groups in total. The van der Waals surface area contributed by atoms with Gasteiger partial charge in [-0.3, -0.25) is 18.6 Å². The van der Waals surface area contributed by atoms with Crippen molar-refractivity contribution in [2.45, 2.75) is 77.8 Å². The highest BCUT2D eigenvalue weighted by Crippen LogP contribution is 2.61. The first kappa shape index (κ1) is 38.8. The number of amides is 1. The number of aromatic nitrogens is 6. The second kappa shape index (κ2) is 13.9. The summed E-state index contributed by atoms with van der Waals surface area (Å²) < 4.78 is 117. The lowest BCUT2D eigenvalue weighted by atomic mass is 9.62. The number of benzene rings is 1. The lowest BCUT2D eigenvalue weighted by Gasteiger charge is -2.46. The molecule has 4 heterocycles. The van der Waals surface area contributed by atoms with E-state index in [0.717, 1.165) is 18.4 Å². The van der Waals surface area contributed by atoms with E-state index in [1.807, 2.05) is 20.8 Å². The number of pyridine rings is 2. The Bertz CT molecular complexity index is 2540. The average molecular weight is 799 g/mol. The highest BCUT2D eigenvalue weighted by molar-refractivity contribution is 7.92. The van der Waals surface area contributed by atoms with Gasteiger partial charge in [-0.25, -0.2) is 31.0 Å². The molecule has 1 atom stereocenters. The van der Waals surface area contributed by atoms with Gasteiger partial charge in [-0.05, 0) is 101 Å². The fraction of sp³-hybridized carbons (Fsp3) is 0.395. The zero-order chi connectivity index (χ0) is 40.5. The number of anilines is 1. The van der Waals surface area contributed by atoms with Crippen LogP contribution in [0.15, 0.2) is 42.5 Å². The SMILES string of the molecule is Cc1ccc(-c2ccc(C#CC(C)(C)C)nc2[C@H](Cc2cc(F)cc(F)c2)NC(=O)Cn2nc(C(F)F)c3c2C(F)(F)C2CC3C2)c2nnc(NS(C)(=O)=O)n12. The standard InChI is InChI=1S/C38H36F6N8O3S/c1-19-6-8-27(35-47-48-36(52(19)35)50-56(5,54)55)26-9-7-25(10-11-37(2,3)4)45-31(26)28(14-20-12-23(39)17-24(40)13-20)46-29(53)18-51-33-30(32(49-51)34(41)42)21-15-22(16-21)38(33,43)44/h6-9,12-13,17,21-22,28,34H,14-16,18H2,1-5H3,(H,46,53)(H,48,50)/t21?,22?,28-/m0/s1. The van der Waals surface area contributed by atoms with Gasteiger partial charge in [0.15, 0.2) is 5.65 Å². The first-order chi connectivity index (χ1) is 26.2. The minimum absolute atomic E-state index is 0.0386. The van der Waals surface area contributed by atoms with Crippen LogP contribution < -0.4 is 10.0 Å². The molecule has 11 nitrogen and oxygen atoms in total. The van der Waals surface area contributed by atoms with Gasteiger partial charge in [-0.15, -0.1) is 10.2 Å². The van der Waals surface area contributed by atoms with Gasteiger partial charge in [0.2, 0.25) is 21.9 Å². The molecule has 4 aromatic heterocycles. The van der Waals surface area contributed by atoms with Crippen LogP contribution in [-0.2, 0) is 33.7 Å². The quantitative estimate of drug-likeness (QED) is 0.115. The molecule has 1 saturated carbocycles. The van der Waals surface area contributed by atoms with E-state index in [2.05, 4.69) is 37.2 Å². The van der Waals surface area contributed by atoms with Crippen LogP contribution in [0.5, 0.6) is 0 Å². The molecule has 18 heteroatoms. The van der Waals surface area contributed by atoms with E-state index in [0.29, 0.717) is 27.6 Å². The number of rotatable bonds is 10. The third-order valence-electron chi connectivity index (χ3n) is 9.72. The van der Waals surface area contributed by atoms with Crippen LogP contribution in [0, 0.1) is 41.7 Å². The second-order valence-corrected chi connectivity index (χ2v) is 17.0. The summed E-state index contributed by atoms with van der Waals surface area (Å²) in [5, 5.41) is 14.8. The third kappa shape index (κ3) is 7.56. The van der Waals surface area contributed by atoms with Crippen LogP contribution in [0.3, 0.4) is 0 Å². The van der Waals surface area contributed by atoms with Gasteiger partial charge in [0, 0.05) is 39.8 Å². The molecule has 3 aliphatic carbocycles. The molecule has 1 amide bonds. The van der Waals surface area contributed by atoms with E-state index in [1.54, 1.807) is 31.2 Å². The van der Waals surface area contributed by atoms with Crippen molar-refractivity contribution in [3.05, 3.63) is 93.7 Å². The Morgan fingerprint density at radius 1 is 1.02 bits per heavy atom. The highest BCUT2D eigenvalue weighted by Gasteiger charge is 2.59. The van der Waals surface area contributed by atoms with Crippen LogP contribution >= 0.6 is 0 Å². The number of aryl methyl sites for hydroxylation is 1. The molecule has 0 unspecified atom stereocenters. The lowest BCUT2D eigenvalue weighted by Crippen LogP contribution is -2.44. The van der Waals surface area contributed by atoms with E-state index in [1.165, 1.54) is 4.40 Å². The first-order valence-electron chi connectivity index (χ1n) is 17.6. The van der Waals surface area contributed by atoms with E-state index in [-0.39, 0.29) is 53.4 Å². The van der Waals surface area contributed by atoms with Crippen LogP contribution in [0.1, 0.15) is 91.6 Å². The molecule has 0 saturated heterocycles. The summed E-state index contributed by atoms with van der Waals surface area (Å²) >= 11 is 0. The monoisotopic (exact) mass is 798 g/mol. The molecule has 0 aliphatic heterocycles. The number of hydrogen-bond donors (Lipinski definition) is 2. The van der Waals surface area contributed by atoms with Gasteiger partial charge in [-0.1, -0.05) is 5.92 Å². The summed E-state index contributed by atoms with van der Waals surface area (Å²) in [6.07, 6.45) is -2.41. The van der Waals surface area contributed by atoms with Crippen molar-refractivity contribution in [3.63, 3.8) is 0 Å². The van der Waals surface area contributed by atoms with Crippen LogP contribution in [0.4, 0.5) is 32.3 Å². The summed E-state index contributed by atoms with van der Waals surface area (Å²) in [7, 11) is -3.78. The van der Waals surface area contributed by atoms with Crippen molar-refractivity contribution in [2.24, 2.45) is 11.3 Å². The van der Waals surface area contributed by atoms with E-state index < -0.39 is 81.1 Å². The largest absolute Gasteiger partial charge is 0.346 e. The number of sulfonamides is 1. The fourth-order valence-electron chi connectivity index (χ4n) is 7.30. The molecule has 0 spiro atoms. The van der Waals surface area contributed by atoms with E-state index in [4.69, 9.17) is 4.98 Å². The van der Waals surface area contributed by atoms with Crippen molar-refractivity contribution in [3.8, 4) is 23.0 Å². The average Bonchev–Trinajstić information content (AvgIpc) is 3.64. The van der Waals surface area contributed by atoms with Crippen molar-refractivity contribution >= 4 is 27.5 Å². The third-order valence-corrected chi connectivity index (χ3v) is 10.3. The van der Waals surface area contributed by atoms with Gasteiger partial charge in [0.1, 0.15) is 35.3 Å². The number of carbonyl (C=O) groups excluding carboxylic acids is 1. The number of alkyl halides is 4. The Hall–Kier alpha value is -5.44. The normalized spacial score (nSPS) is 17.9. The number of nitrogens with one attached hydrogen (secondary N) is 2. The highest BCUT2D eigenvalue weighted by atomic mass is 32.2. The summed E-state index contributed by atoms with van der Waals surface area (Å²) in [6, 6.07) is 8.11. The molecule has 5 aromatic rings. The van der Waals surface area contributed by atoms with Crippen LogP contribution in [-0.4, -0.2) is 49.9 Å². The molecule has 56 heavy (non-hydrogen) atoms. The van der Waals surface area contributed by atoms with Crippen molar-refractivity contribution in [1.82, 2.24) is 34.7 Å². The van der Waals surface area contributed by atoms with Gasteiger partial charge in [0.25, 0.3) is 12.3 Å². The Balaban J connectivity index is 1.37. The molecule has 1 fully saturated rings. The summed E-state index contributed by atoms with van der Waals surface area (Å²) in [4.78, 5) is 18.8. The molecular formula is C38H36F6N8O3S. The van der Waals surface area contributed by atoms with Crippen LogP contribution in [0.25, 0.3) is 16.8 Å². The van der Waals surface area contributed by atoms with Gasteiger partial charge < -0.3 is 5.32 Å². The van der Waals surface area contributed by atoms with E-state index in [9.17, 15) is 30.8 Å². The Labute approximate surface area is 318 Å². The Morgan fingerprint density at radius 3 is 2.34 bits per heavy atom. The predicted octanol–water partition coefficient (Wildman–Crippen LogP) is 6.98. The molecule has 294 valence electrons. The molecule has 1 aromatic carbocycles. The predicted molar refractivity (Wildman–Crippen MR) is 193 cm³/mol. The first-order valence-corrected chi connectivity index (χ1v) is 19.5. The molecule has 0 radical (unpaired) electrons. The van der Waals surface area contributed by atoms with Gasteiger partial charge in [0.05, 0.1) is 18.0 Å². The summed E-state index contributed by atoms with van der Waals surface area (Å²) in [6.45, 7) is 6.46. The molecular weight excluding hydrogens is 763 g/mol.